The Morgan fingerprint density at radius 2 is 1.64 bits per heavy atom. The van der Waals surface area contributed by atoms with Crippen LogP contribution >= 0.6 is 23.5 Å². The number of thioether (sulfide) groups is 2. The summed E-state index contributed by atoms with van der Waals surface area (Å²) in [6, 6.07) is 5.74. The van der Waals surface area contributed by atoms with Gasteiger partial charge in [-0.3, -0.25) is 29.0 Å². The second-order valence-electron chi connectivity index (χ2n) is 16.1. The summed E-state index contributed by atoms with van der Waals surface area (Å²) < 4.78 is 27.8. The highest BCUT2D eigenvalue weighted by atomic mass is 32.2. The first-order chi connectivity index (χ1) is 26.1. The first kappa shape index (κ1) is 42.8. The SMILES string of the molecule is CCC[C@H](CC(=O)[C@@H]1CC2(CN1C(=O)[C@@H](NC(=O)[C@@H](CC(=O)c1cnccn1)C1CCCCC1)C(C)(C)C)SCCCS2)C(=O)NS(=O)(=O)c1ccccc1. The van der Waals surface area contributed by atoms with Crippen LogP contribution < -0.4 is 10.0 Å². The first-order valence-electron chi connectivity index (χ1n) is 19.5. The van der Waals surface area contributed by atoms with Crippen LogP contribution in [0.1, 0.15) is 109 Å². The number of Topliss-reactive ketones (excluding diaryl/α,β-unsaturated/α-hetero) is 2. The van der Waals surface area contributed by atoms with Gasteiger partial charge in [0.2, 0.25) is 17.7 Å². The minimum Gasteiger partial charge on any atom is -0.344 e. The van der Waals surface area contributed by atoms with Gasteiger partial charge < -0.3 is 10.2 Å². The van der Waals surface area contributed by atoms with Crippen molar-refractivity contribution in [3.63, 3.8) is 0 Å². The molecule has 0 bridgehead atoms. The van der Waals surface area contributed by atoms with Gasteiger partial charge in [-0.15, -0.1) is 23.5 Å². The number of carbonyl (C=O) groups is 5. The molecule has 1 aromatic heterocycles. The Kier molecular flexibility index (Phi) is 14.6. The topological polar surface area (TPSA) is 173 Å². The Bertz CT molecular complexity index is 1780. The van der Waals surface area contributed by atoms with Crippen molar-refractivity contribution in [3.8, 4) is 0 Å². The summed E-state index contributed by atoms with van der Waals surface area (Å²) in [6.45, 7) is 7.78. The summed E-state index contributed by atoms with van der Waals surface area (Å²) >= 11 is 3.48. The van der Waals surface area contributed by atoms with E-state index >= 15 is 0 Å². The molecular formula is C40H55N5O7S3. The minimum atomic E-state index is -4.15. The number of hydrogen-bond donors (Lipinski definition) is 2. The predicted octanol–water partition coefficient (Wildman–Crippen LogP) is 5.82. The molecule has 300 valence electrons. The average Bonchev–Trinajstić information content (AvgIpc) is 3.54. The summed E-state index contributed by atoms with van der Waals surface area (Å²) in [6.07, 6.45) is 10.9. The lowest BCUT2D eigenvalue weighted by Gasteiger charge is -2.38. The Morgan fingerprint density at radius 1 is 0.945 bits per heavy atom. The fraction of sp³-hybridized carbons (Fsp3) is 0.625. The molecule has 1 aromatic carbocycles. The zero-order valence-corrected chi connectivity index (χ0v) is 34.8. The lowest BCUT2D eigenvalue weighted by Crippen LogP contribution is -2.58. The molecular weight excluding hydrogens is 759 g/mol. The molecule has 1 spiro atoms. The largest absolute Gasteiger partial charge is 0.344 e. The lowest BCUT2D eigenvalue weighted by molar-refractivity contribution is -0.144. The molecule has 2 aliphatic heterocycles. The van der Waals surface area contributed by atoms with Crippen LogP contribution in [-0.4, -0.2) is 86.8 Å². The summed E-state index contributed by atoms with van der Waals surface area (Å²) in [5, 5.41) is 3.09. The molecule has 0 radical (unpaired) electrons. The Labute approximate surface area is 334 Å². The van der Waals surface area contributed by atoms with Crippen LogP contribution in [0.3, 0.4) is 0 Å². The third-order valence-corrected chi connectivity index (χ3v) is 15.6. The summed E-state index contributed by atoms with van der Waals surface area (Å²) in [5.41, 5.74) is -0.565. The molecule has 3 heterocycles. The van der Waals surface area contributed by atoms with Gasteiger partial charge in [0.25, 0.3) is 10.0 Å². The van der Waals surface area contributed by atoms with Gasteiger partial charge in [-0.2, -0.15) is 0 Å². The van der Waals surface area contributed by atoms with Gasteiger partial charge in [-0.1, -0.05) is 71.6 Å². The van der Waals surface area contributed by atoms with Crippen molar-refractivity contribution in [1.82, 2.24) is 24.9 Å². The van der Waals surface area contributed by atoms with Gasteiger partial charge in [0, 0.05) is 50.0 Å². The monoisotopic (exact) mass is 813 g/mol. The minimum absolute atomic E-state index is 0.0307. The van der Waals surface area contributed by atoms with E-state index in [-0.39, 0.29) is 59.2 Å². The fourth-order valence-electron chi connectivity index (χ4n) is 7.93. The second-order valence-corrected chi connectivity index (χ2v) is 21.0. The maximum atomic E-state index is 14.9. The fourth-order valence-corrected chi connectivity index (χ4v) is 12.3. The molecule has 1 saturated carbocycles. The number of rotatable bonds is 15. The summed E-state index contributed by atoms with van der Waals surface area (Å²) in [4.78, 5) is 80.3. The number of sulfonamides is 1. The smallest absolute Gasteiger partial charge is 0.264 e. The average molecular weight is 814 g/mol. The summed E-state index contributed by atoms with van der Waals surface area (Å²) in [5.74, 6) is -1.94. The molecule has 2 aromatic rings. The molecule has 3 aliphatic rings. The van der Waals surface area contributed by atoms with E-state index in [9.17, 15) is 32.4 Å². The maximum Gasteiger partial charge on any atom is 0.264 e. The first-order valence-corrected chi connectivity index (χ1v) is 22.9. The second kappa shape index (κ2) is 18.8. The van der Waals surface area contributed by atoms with E-state index in [0.717, 1.165) is 50.0 Å². The van der Waals surface area contributed by atoms with E-state index in [0.29, 0.717) is 19.4 Å². The zero-order valence-electron chi connectivity index (χ0n) is 32.3. The van der Waals surface area contributed by atoms with Gasteiger partial charge in [0.05, 0.1) is 21.2 Å². The van der Waals surface area contributed by atoms with Crippen molar-refractivity contribution in [1.29, 1.82) is 0 Å². The van der Waals surface area contributed by atoms with E-state index in [1.807, 2.05) is 27.7 Å². The van der Waals surface area contributed by atoms with Crippen LogP contribution in [-0.2, 0) is 29.2 Å². The molecule has 55 heavy (non-hydrogen) atoms. The van der Waals surface area contributed by atoms with E-state index in [4.69, 9.17) is 0 Å². The number of likely N-dealkylation sites (tertiary alicyclic amines) is 1. The molecule has 3 fully saturated rings. The van der Waals surface area contributed by atoms with Gasteiger partial charge in [0.15, 0.2) is 11.6 Å². The van der Waals surface area contributed by atoms with Crippen molar-refractivity contribution < 1.29 is 32.4 Å². The molecule has 4 atom stereocenters. The highest BCUT2D eigenvalue weighted by molar-refractivity contribution is 8.18. The highest BCUT2D eigenvalue weighted by Gasteiger charge is 2.53. The van der Waals surface area contributed by atoms with Gasteiger partial charge in [-0.05, 0) is 60.7 Å². The third kappa shape index (κ3) is 11.0. The number of nitrogens with one attached hydrogen (secondary N) is 2. The Balaban J connectivity index is 1.39. The third-order valence-electron chi connectivity index (χ3n) is 10.9. The van der Waals surface area contributed by atoms with Crippen molar-refractivity contribution in [2.45, 2.75) is 119 Å². The van der Waals surface area contributed by atoms with E-state index in [1.165, 1.54) is 30.7 Å². The van der Waals surface area contributed by atoms with Gasteiger partial charge >= 0.3 is 0 Å². The van der Waals surface area contributed by atoms with Crippen molar-refractivity contribution >= 4 is 62.8 Å². The van der Waals surface area contributed by atoms with Crippen LogP contribution in [0.2, 0.25) is 0 Å². The van der Waals surface area contributed by atoms with Crippen LogP contribution in [0, 0.1) is 23.2 Å². The molecule has 2 saturated heterocycles. The number of hydrogen-bond acceptors (Lipinski definition) is 11. The van der Waals surface area contributed by atoms with Crippen LogP contribution in [0.15, 0.2) is 53.8 Å². The Hall–Kier alpha value is -3.30. The standard InChI is InChI=1S/C40H55N5O7S3/c1-5-13-28(36(48)44-55(51,52)29-16-10-7-11-17-29)22-34(47)32-24-40(53-20-12-21-54-40)26-45(32)38(50)35(39(2,3)4)43-37(49)30(27-14-8-6-9-15-27)23-33(46)31-25-41-18-19-42-31/h7,10-11,16-19,25,27-28,30,32,35H,5-6,8-9,12-15,20-24,26H2,1-4H3,(H,43,49)(H,44,48)/t28-,30+,32+,35-/m1/s1. The van der Waals surface area contributed by atoms with Crippen LogP contribution in [0.25, 0.3) is 0 Å². The molecule has 3 amide bonds. The van der Waals surface area contributed by atoms with Crippen LogP contribution in [0.5, 0.6) is 0 Å². The molecule has 1 aliphatic carbocycles. The number of benzene rings is 1. The van der Waals surface area contributed by atoms with Crippen molar-refractivity contribution in [2.75, 3.05) is 18.1 Å². The number of aromatic nitrogens is 2. The molecule has 2 N–H and O–H groups in total. The lowest BCUT2D eigenvalue weighted by atomic mass is 9.76. The van der Waals surface area contributed by atoms with E-state index < -0.39 is 49.3 Å². The van der Waals surface area contributed by atoms with Crippen molar-refractivity contribution in [3.05, 3.63) is 54.6 Å². The van der Waals surface area contributed by atoms with Gasteiger partial charge in [-0.25, -0.2) is 18.1 Å². The maximum absolute atomic E-state index is 14.9. The van der Waals surface area contributed by atoms with Crippen LogP contribution in [0.4, 0.5) is 0 Å². The Morgan fingerprint density at radius 3 is 2.25 bits per heavy atom. The molecule has 0 unspecified atom stereocenters. The summed E-state index contributed by atoms with van der Waals surface area (Å²) in [7, 11) is -4.15. The number of amides is 3. The van der Waals surface area contributed by atoms with Crippen molar-refractivity contribution in [2.24, 2.45) is 23.2 Å². The predicted molar refractivity (Wildman–Crippen MR) is 215 cm³/mol. The van der Waals surface area contributed by atoms with E-state index in [1.54, 1.807) is 46.6 Å². The zero-order chi connectivity index (χ0) is 39.8. The quantitative estimate of drug-likeness (QED) is 0.208. The number of carbonyl (C=O) groups excluding carboxylic acids is 5. The van der Waals surface area contributed by atoms with E-state index in [2.05, 4.69) is 20.0 Å². The molecule has 15 heteroatoms. The highest BCUT2D eigenvalue weighted by Crippen LogP contribution is 2.51. The normalized spacial score (nSPS) is 20.7. The van der Waals surface area contributed by atoms with Gasteiger partial charge in [0.1, 0.15) is 11.7 Å². The molecule has 12 nitrogen and oxygen atoms in total. The molecule has 5 rings (SSSR count). The number of nitrogens with zero attached hydrogens (tertiary/aromatic N) is 3. The number of ketones is 2.